The van der Waals surface area contributed by atoms with Crippen molar-refractivity contribution in [2.45, 2.75) is 6.54 Å². The Morgan fingerprint density at radius 3 is 2.73 bits per heavy atom. The molecule has 0 spiro atoms. The molecule has 2 heterocycles. The molecule has 78 valence electrons. The monoisotopic (exact) mass is 373 g/mol. The number of hydrogen-bond donors (Lipinski definition) is 0. The first-order valence-corrected chi connectivity index (χ1v) is 3.85. The molecular weight excluding hydrogens is 362 g/mol. The summed E-state index contributed by atoms with van der Waals surface area (Å²) >= 11 is 0. The van der Waals surface area contributed by atoms with Crippen molar-refractivity contribution in [3.05, 3.63) is 50.0 Å². The summed E-state index contributed by atoms with van der Waals surface area (Å²) in [6.07, 6.45) is 6.79. The molecule has 0 bridgehead atoms. The Labute approximate surface area is 103 Å². The van der Waals surface area contributed by atoms with Gasteiger partial charge >= 0.3 is 21.1 Å². The molecule has 6 heteroatoms. The van der Waals surface area contributed by atoms with E-state index in [1.807, 2.05) is 0 Å². The van der Waals surface area contributed by atoms with Gasteiger partial charge < -0.3 is 13.2 Å². The van der Waals surface area contributed by atoms with E-state index in [-0.39, 0.29) is 35.0 Å². The third-order valence-corrected chi connectivity index (χ3v) is 1.62. The van der Waals surface area contributed by atoms with Gasteiger partial charge in [0.05, 0.1) is 0 Å². The molecular formula is C9H11N5W. The topological polar surface area (TPSA) is 67.4 Å². The summed E-state index contributed by atoms with van der Waals surface area (Å²) in [6, 6.07) is 1.78. The fourth-order valence-corrected chi connectivity index (χ4v) is 1.01. The Hall–Kier alpha value is -1.06. The molecule has 15 heavy (non-hydrogen) atoms. The first-order valence-electron chi connectivity index (χ1n) is 3.85. The zero-order valence-corrected chi connectivity index (χ0v) is 11.2. The van der Waals surface area contributed by atoms with Crippen LogP contribution in [0.4, 0.5) is 0 Å². The van der Waals surface area contributed by atoms with Gasteiger partial charge in [-0.3, -0.25) is 4.57 Å². The average Bonchev–Trinajstić information content (AvgIpc) is 2.71. The number of nitrogens with zero attached hydrogens (tertiary/aromatic N) is 4. The van der Waals surface area contributed by atoms with Crippen LogP contribution in [0, 0.1) is 7.43 Å². The van der Waals surface area contributed by atoms with E-state index in [1.54, 1.807) is 35.6 Å². The third kappa shape index (κ3) is 3.22. The molecule has 2 aromatic heterocycles. The van der Waals surface area contributed by atoms with E-state index in [2.05, 4.69) is 15.0 Å². The summed E-state index contributed by atoms with van der Waals surface area (Å²) in [5.74, 6) is 1.26. The maximum atomic E-state index is 7.12. The van der Waals surface area contributed by atoms with E-state index in [9.17, 15) is 0 Å². The summed E-state index contributed by atoms with van der Waals surface area (Å²) in [5, 5.41) is 0. The summed E-state index contributed by atoms with van der Waals surface area (Å²) in [7, 11) is 0. The second-order valence-corrected chi connectivity index (χ2v) is 2.48. The summed E-state index contributed by atoms with van der Waals surface area (Å²) in [6.45, 7) is 0.0997. The van der Waals surface area contributed by atoms with Crippen molar-refractivity contribution in [1.82, 2.24) is 19.5 Å². The van der Waals surface area contributed by atoms with Crippen molar-refractivity contribution in [3.63, 3.8) is 0 Å². The SMILES string of the molecule is [CH3-].[NH-]Cc1nccc(-n2ccnc2)n1.[W+2]. The molecule has 5 nitrogen and oxygen atoms in total. The summed E-state index contributed by atoms with van der Waals surface area (Å²) in [5.41, 5.74) is 7.12. The molecule has 0 radical (unpaired) electrons. The average molecular weight is 373 g/mol. The van der Waals surface area contributed by atoms with E-state index in [4.69, 9.17) is 5.73 Å². The Bertz CT molecular complexity index is 387. The number of aromatic nitrogens is 4. The van der Waals surface area contributed by atoms with Gasteiger partial charge in [-0.2, -0.15) is 0 Å². The van der Waals surface area contributed by atoms with Crippen molar-refractivity contribution in [1.29, 1.82) is 0 Å². The number of hydrogen-bond acceptors (Lipinski definition) is 3. The minimum absolute atomic E-state index is 0. The van der Waals surface area contributed by atoms with E-state index in [1.165, 1.54) is 0 Å². The Morgan fingerprint density at radius 2 is 2.13 bits per heavy atom. The zero-order chi connectivity index (χ0) is 9.10. The molecule has 0 aliphatic rings. The molecule has 0 aliphatic heterocycles. The second-order valence-electron chi connectivity index (χ2n) is 2.48. The fraction of sp³-hybridized carbons (Fsp3) is 0.111. The maximum absolute atomic E-state index is 7.12. The minimum atomic E-state index is 0. The smallest absolute Gasteiger partial charge is 0.671 e. The zero-order valence-electron chi connectivity index (χ0n) is 8.29. The van der Waals surface area contributed by atoms with E-state index >= 15 is 0 Å². The minimum Gasteiger partial charge on any atom is -0.671 e. The Kier molecular flexibility index (Phi) is 5.97. The van der Waals surface area contributed by atoms with Crippen molar-refractivity contribution < 1.29 is 21.1 Å². The quantitative estimate of drug-likeness (QED) is 0.753. The van der Waals surface area contributed by atoms with Crippen LogP contribution in [-0.4, -0.2) is 19.5 Å². The van der Waals surface area contributed by atoms with Crippen LogP contribution in [0.2, 0.25) is 0 Å². The van der Waals surface area contributed by atoms with Crippen LogP contribution in [0.25, 0.3) is 11.6 Å². The van der Waals surface area contributed by atoms with Gasteiger partial charge in [0.25, 0.3) is 0 Å². The molecule has 1 N–H and O–H groups in total. The molecule has 0 fully saturated rings. The first-order chi connectivity index (χ1) is 6.40. The van der Waals surface area contributed by atoms with Gasteiger partial charge in [0.15, 0.2) is 0 Å². The first kappa shape index (κ1) is 13.9. The molecule has 0 amide bonds. The van der Waals surface area contributed by atoms with Crippen LogP contribution >= 0.6 is 0 Å². The predicted octanol–water partition coefficient (Wildman–Crippen LogP) is 1.66. The largest absolute Gasteiger partial charge is 2.00 e. The summed E-state index contributed by atoms with van der Waals surface area (Å²) < 4.78 is 1.78. The van der Waals surface area contributed by atoms with Gasteiger partial charge in [0.1, 0.15) is 18.0 Å². The number of nitrogens with one attached hydrogen (secondary N) is 1. The predicted molar refractivity (Wildman–Crippen MR) is 53.6 cm³/mol. The van der Waals surface area contributed by atoms with E-state index in [0.717, 1.165) is 5.82 Å². The van der Waals surface area contributed by atoms with Gasteiger partial charge in [-0.15, -0.1) is 0 Å². The number of imidazole rings is 1. The van der Waals surface area contributed by atoms with Crippen LogP contribution in [0.15, 0.2) is 31.0 Å². The molecule has 0 aromatic carbocycles. The van der Waals surface area contributed by atoms with Crippen LogP contribution in [0.3, 0.4) is 0 Å². The van der Waals surface area contributed by atoms with Crippen molar-refractivity contribution in [2.24, 2.45) is 0 Å². The molecule has 2 aromatic rings. The van der Waals surface area contributed by atoms with Crippen molar-refractivity contribution in [2.75, 3.05) is 0 Å². The second kappa shape index (κ2) is 6.43. The van der Waals surface area contributed by atoms with Crippen LogP contribution < -0.4 is 0 Å². The molecule has 0 aliphatic carbocycles. The van der Waals surface area contributed by atoms with Gasteiger partial charge in [-0.1, -0.05) is 6.54 Å². The standard InChI is InChI=1S/C8H8N5.CH3.W/c9-5-7-11-2-1-8(12-7)13-4-3-10-6-13;;/h1-4,6,9H,5H2;1H3;/q2*-1;+2. The molecule has 0 atom stereocenters. The normalized spacial score (nSPS) is 8.87. The Balaban J connectivity index is 0.000000980. The molecule has 0 unspecified atom stereocenters. The van der Waals surface area contributed by atoms with E-state index < -0.39 is 0 Å². The van der Waals surface area contributed by atoms with Gasteiger partial charge in [-0.05, 0) is 6.07 Å². The maximum Gasteiger partial charge on any atom is 2.00 e. The van der Waals surface area contributed by atoms with E-state index in [0.29, 0.717) is 5.82 Å². The van der Waals surface area contributed by atoms with Crippen molar-refractivity contribution >= 4 is 0 Å². The van der Waals surface area contributed by atoms with Crippen LogP contribution in [-0.2, 0) is 27.6 Å². The molecule has 0 saturated carbocycles. The Morgan fingerprint density at radius 1 is 1.33 bits per heavy atom. The fourth-order valence-electron chi connectivity index (χ4n) is 1.01. The van der Waals surface area contributed by atoms with Crippen LogP contribution in [0.1, 0.15) is 5.82 Å². The molecule has 2 rings (SSSR count). The number of rotatable bonds is 2. The van der Waals surface area contributed by atoms with Gasteiger partial charge in [-0.25, -0.2) is 15.0 Å². The summed E-state index contributed by atoms with van der Waals surface area (Å²) in [4.78, 5) is 12.0. The van der Waals surface area contributed by atoms with Crippen LogP contribution in [0.5, 0.6) is 0 Å². The third-order valence-electron chi connectivity index (χ3n) is 1.62. The van der Waals surface area contributed by atoms with Gasteiger partial charge in [0, 0.05) is 18.6 Å². The molecule has 0 saturated heterocycles. The van der Waals surface area contributed by atoms with Gasteiger partial charge in [0.2, 0.25) is 0 Å². The van der Waals surface area contributed by atoms with Crippen molar-refractivity contribution in [3.8, 4) is 5.82 Å².